The fraction of sp³-hybridized carbons (Fsp3) is 0.471. The number of carboxylic acid groups (broad SMARTS) is 2. The number of hydrogen-bond acceptors (Lipinski definition) is 10. The van der Waals surface area contributed by atoms with Crippen LogP contribution in [-0.4, -0.2) is 91.3 Å². The minimum atomic E-state index is -1.75. The molecular formula is C17H20N6O8S. The highest BCUT2D eigenvalue weighted by Gasteiger charge is 2.48. The van der Waals surface area contributed by atoms with E-state index in [4.69, 9.17) is 20.8 Å². The van der Waals surface area contributed by atoms with Gasteiger partial charge < -0.3 is 31.0 Å². The number of amides is 4. The lowest BCUT2D eigenvalue weighted by Crippen LogP contribution is -2.70. The number of nitrogen functional groups attached to an aromatic ring is 1. The molecule has 0 aliphatic carbocycles. The molecule has 2 saturated heterocycles. The van der Waals surface area contributed by atoms with Crippen molar-refractivity contribution in [1.29, 1.82) is 0 Å². The number of aliphatic carboxylic acids is 2. The number of aromatic nitrogens is 1. The number of nitrogens with two attached hydrogens (primary N) is 1. The van der Waals surface area contributed by atoms with Gasteiger partial charge in [0.1, 0.15) is 17.8 Å². The summed E-state index contributed by atoms with van der Waals surface area (Å²) < 4.78 is 0. The lowest BCUT2D eigenvalue weighted by Gasteiger charge is -2.45. The number of carboxylic acids is 2. The summed E-state index contributed by atoms with van der Waals surface area (Å²) in [6.07, 6.45) is 0.298. The van der Waals surface area contributed by atoms with Gasteiger partial charge in [-0.25, -0.2) is 19.4 Å². The Morgan fingerprint density at radius 1 is 1.34 bits per heavy atom. The molecule has 15 heteroatoms. The molecule has 0 radical (unpaired) electrons. The number of nitrogens with zero attached hydrogens (tertiary/aromatic N) is 4. The SMILES string of the molecule is CC(C)(O/N=C(\C(=O)N[C@H]1CN(C(=O)N2CC[C@H]2C(=O)O)C1=O)c1csc(N)n1)C(=O)O. The topological polar surface area (TPSA) is 205 Å². The van der Waals surface area contributed by atoms with Crippen molar-refractivity contribution in [2.45, 2.75) is 38.0 Å². The van der Waals surface area contributed by atoms with Gasteiger partial charge in [0.15, 0.2) is 10.8 Å². The highest BCUT2D eigenvalue weighted by molar-refractivity contribution is 7.13. The fourth-order valence-corrected chi connectivity index (χ4v) is 3.31. The first kappa shape index (κ1) is 22.9. The normalized spacial score (nSPS) is 20.8. The van der Waals surface area contributed by atoms with Gasteiger partial charge in [-0.05, 0) is 20.3 Å². The molecule has 5 N–H and O–H groups in total. The van der Waals surface area contributed by atoms with Crippen LogP contribution >= 0.6 is 11.3 Å². The summed E-state index contributed by atoms with van der Waals surface area (Å²) in [7, 11) is 0. The molecule has 0 aromatic carbocycles. The molecule has 2 aliphatic heterocycles. The molecule has 32 heavy (non-hydrogen) atoms. The number of carbonyl (C=O) groups excluding carboxylic acids is 3. The van der Waals surface area contributed by atoms with Gasteiger partial charge in [0.05, 0.1) is 6.54 Å². The van der Waals surface area contributed by atoms with E-state index < -0.39 is 53.2 Å². The average Bonchev–Trinajstić information content (AvgIpc) is 3.08. The van der Waals surface area contributed by atoms with E-state index in [1.54, 1.807) is 0 Å². The number of carbonyl (C=O) groups is 5. The Labute approximate surface area is 184 Å². The Kier molecular flexibility index (Phi) is 6.03. The molecule has 0 spiro atoms. The van der Waals surface area contributed by atoms with Gasteiger partial charge in [-0.15, -0.1) is 11.3 Å². The molecule has 172 valence electrons. The fourth-order valence-electron chi connectivity index (χ4n) is 2.76. The summed E-state index contributed by atoms with van der Waals surface area (Å²) in [4.78, 5) is 70.5. The maximum atomic E-state index is 12.7. The summed E-state index contributed by atoms with van der Waals surface area (Å²) in [5, 5.41) is 25.7. The number of anilines is 1. The molecule has 0 bridgehead atoms. The number of imide groups is 1. The molecule has 0 saturated carbocycles. The third kappa shape index (κ3) is 4.32. The molecule has 1 aromatic rings. The number of rotatable bonds is 7. The van der Waals surface area contributed by atoms with Crippen molar-refractivity contribution in [3.05, 3.63) is 11.1 Å². The Morgan fingerprint density at radius 3 is 2.50 bits per heavy atom. The van der Waals surface area contributed by atoms with Crippen LogP contribution in [0.15, 0.2) is 10.5 Å². The summed E-state index contributed by atoms with van der Waals surface area (Å²) >= 11 is 1.01. The molecule has 3 rings (SSSR count). The number of oxime groups is 1. The maximum Gasteiger partial charge on any atom is 0.350 e. The lowest BCUT2D eigenvalue weighted by molar-refractivity contribution is -0.161. The predicted molar refractivity (Wildman–Crippen MR) is 108 cm³/mol. The van der Waals surface area contributed by atoms with E-state index >= 15 is 0 Å². The summed E-state index contributed by atoms with van der Waals surface area (Å²) in [6.45, 7) is 2.50. The third-order valence-corrected chi connectivity index (χ3v) is 5.55. The minimum Gasteiger partial charge on any atom is -0.480 e. The second-order valence-corrected chi connectivity index (χ2v) is 8.40. The summed E-state index contributed by atoms with van der Waals surface area (Å²) in [6, 6.07) is -2.79. The van der Waals surface area contributed by atoms with Crippen LogP contribution in [-0.2, 0) is 24.0 Å². The number of likely N-dealkylation sites (tertiary alicyclic amines) is 2. The van der Waals surface area contributed by atoms with Crippen molar-refractivity contribution in [3.63, 3.8) is 0 Å². The molecule has 2 fully saturated rings. The molecule has 2 atom stereocenters. The van der Waals surface area contributed by atoms with Gasteiger partial charge in [0.25, 0.3) is 11.8 Å². The van der Waals surface area contributed by atoms with Gasteiger partial charge >= 0.3 is 18.0 Å². The van der Waals surface area contributed by atoms with Crippen molar-refractivity contribution < 1.29 is 39.0 Å². The molecule has 1 aromatic heterocycles. The molecule has 2 aliphatic rings. The van der Waals surface area contributed by atoms with Crippen LogP contribution < -0.4 is 11.1 Å². The first-order valence-electron chi connectivity index (χ1n) is 9.29. The molecule has 4 amide bonds. The Bertz CT molecular complexity index is 1020. The zero-order valence-electron chi connectivity index (χ0n) is 17.0. The average molecular weight is 468 g/mol. The zero-order chi connectivity index (χ0) is 23.8. The van der Waals surface area contributed by atoms with Crippen LogP contribution in [0, 0.1) is 0 Å². The van der Waals surface area contributed by atoms with Crippen molar-refractivity contribution in [2.24, 2.45) is 5.16 Å². The van der Waals surface area contributed by atoms with Crippen LogP contribution in [0.4, 0.5) is 9.93 Å². The second-order valence-electron chi connectivity index (χ2n) is 7.51. The Balaban J connectivity index is 1.68. The Morgan fingerprint density at radius 2 is 2.03 bits per heavy atom. The first-order valence-corrected chi connectivity index (χ1v) is 10.2. The lowest BCUT2D eigenvalue weighted by atomic mass is 10.0. The first-order chi connectivity index (χ1) is 14.9. The highest BCUT2D eigenvalue weighted by atomic mass is 32.1. The van der Waals surface area contributed by atoms with E-state index in [1.165, 1.54) is 19.2 Å². The monoisotopic (exact) mass is 468 g/mol. The van der Waals surface area contributed by atoms with E-state index in [1.807, 2.05) is 0 Å². The van der Waals surface area contributed by atoms with E-state index in [9.17, 15) is 24.0 Å². The van der Waals surface area contributed by atoms with Crippen LogP contribution in [0.25, 0.3) is 0 Å². The summed E-state index contributed by atoms with van der Waals surface area (Å²) in [5.41, 5.74) is 3.44. The van der Waals surface area contributed by atoms with Gasteiger partial charge in [0.2, 0.25) is 5.60 Å². The highest BCUT2D eigenvalue weighted by Crippen LogP contribution is 2.23. The van der Waals surface area contributed by atoms with Crippen molar-refractivity contribution in [3.8, 4) is 0 Å². The van der Waals surface area contributed by atoms with E-state index in [2.05, 4.69) is 15.5 Å². The number of thiazole rings is 1. The zero-order valence-corrected chi connectivity index (χ0v) is 17.8. The Hall–Kier alpha value is -3.75. The van der Waals surface area contributed by atoms with Crippen LogP contribution in [0.3, 0.4) is 0 Å². The maximum absolute atomic E-state index is 12.7. The molecule has 3 heterocycles. The molecule has 0 unspecified atom stereocenters. The van der Waals surface area contributed by atoms with Crippen LogP contribution in [0.5, 0.6) is 0 Å². The molecular weight excluding hydrogens is 448 g/mol. The van der Waals surface area contributed by atoms with Gasteiger partial charge in [-0.2, -0.15) is 0 Å². The van der Waals surface area contributed by atoms with E-state index in [0.717, 1.165) is 21.1 Å². The summed E-state index contributed by atoms with van der Waals surface area (Å²) in [5.74, 6) is -4.10. The quantitative estimate of drug-likeness (QED) is 0.216. The van der Waals surface area contributed by atoms with Crippen LogP contribution in [0.1, 0.15) is 26.0 Å². The van der Waals surface area contributed by atoms with Crippen LogP contribution in [0.2, 0.25) is 0 Å². The third-order valence-electron chi connectivity index (χ3n) is 4.88. The minimum absolute atomic E-state index is 0.00997. The second kappa shape index (κ2) is 8.41. The standard InChI is InChI=1S/C17H20N6O8S/c1-17(2,14(28)29)31-21-10(8-6-32-15(18)20-8)11(24)19-7-5-23(12(7)25)16(30)22-4-3-9(22)13(26)27/h6-7,9H,3-5H2,1-2H3,(H2,18,20)(H,19,24)(H,26,27)(H,28,29)/b21-10-/t7-,9-/m0/s1. The van der Waals surface area contributed by atoms with E-state index in [-0.39, 0.29) is 23.9 Å². The number of β-lactam (4-membered cyclic amide) rings is 1. The number of hydrogen-bond donors (Lipinski definition) is 4. The molecule has 14 nitrogen and oxygen atoms in total. The predicted octanol–water partition coefficient (Wildman–Crippen LogP) is -1.08. The van der Waals surface area contributed by atoms with Gasteiger partial charge in [0, 0.05) is 11.9 Å². The van der Waals surface area contributed by atoms with E-state index in [0.29, 0.717) is 6.42 Å². The van der Waals surface area contributed by atoms with Crippen molar-refractivity contribution in [1.82, 2.24) is 20.1 Å². The largest absolute Gasteiger partial charge is 0.480 e. The van der Waals surface area contributed by atoms with Crippen molar-refractivity contribution in [2.75, 3.05) is 18.8 Å². The van der Waals surface area contributed by atoms with Gasteiger partial charge in [-0.1, -0.05) is 5.16 Å². The van der Waals surface area contributed by atoms with Gasteiger partial charge in [-0.3, -0.25) is 14.5 Å². The van der Waals surface area contributed by atoms with Crippen molar-refractivity contribution >= 4 is 52.0 Å². The number of urea groups is 1. The smallest absolute Gasteiger partial charge is 0.350 e. The number of nitrogens with one attached hydrogen (secondary N) is 1.